The summed E-state index contributed by atoms with van der Waals surface area (Å²) in [5, 5.41) is 6.43. The van der Waals surface area contributed by atoms with Gasteiger partial charge in [-0.15, -0.1) is 13.2 Å². The Morgan fingerprint density at radius 3 is 2.50 bits per heavy atom. The highest BCUT2D eigenvalue weighted by molar-refractivity contribution is 5.05. The van der Waals surface area contributed by atoms with Crippen molar-refractivity contribution in [3.05, 3.63) is 37.1 Å². The van der Waals surface area contributed by atoms with Gasteiger partial charge in [-0.2, -0.15) is 0 Å². The Balaban J connectivity index is 3.92. The van der Waals surface area contributed by atoms with E-state index in [1.807, 2.05) is 20.0 Å². The minimum absolute atomic E-state index is 0.312. The monoisotopic (exact) mass is 194 g/mol. The van der Waals surface area contributed by atoms with Crippen molar-refractivity contribution in [3.8, 4) is 0 Å². The van der Waals surface area contributed by atoms with Gasteiger partial charge in [-0.1, -0.05) is 18.2 Å². The average Bonchev–Trinajstić information content (AvgIpc) is 2.15. The van der Waals surface area contributed by atoms with Crippen molar-refractivity contribution >= 4 is 0 Å². The maximum absolute atomic E-state index is 3.99. The van der Waals surface area contributed by atoms with Gasteiger partial charge >= 0.3 is 0 Å². The van der Waals surface area contributed by atoms with Crippen molar-refractivity contribution in [3.63, 3.8) is 0 Å². The molecule has 0 aromatic heterocycles. The highest BCUT2D eigenvalue weighted by atomic mass is 15.0. The zero-order valence-corrected chi connectivity index (χ0v) is 9.40. The summed E-state index contributed by atoms with van der Waals surface area (Å²) in [4.78, 5) is 0. The average molecular weight is 194 g/mol. The van der Waals surface area contributed by atoms with E-state index in [1.165, 1.54) is 5.57 Å². The van der Waals surface area contributed by atoms with Crippen LogP contribution in [0.25, 0.3) is 0 Å². The molecule has 80 valence electrons. The highest BCUT2D eigenvalue weighted by Gasteiger charge is 2.08. The van der Waals surface area contributed by atoms with Crippen molar-refractivity contribution in [2.24, 2.45) is 0 Å². The van der Waals surface area contributed by atoms with Gasteiger partial charge in [-0.25, -0.2) is 0 Å². The Morgan fingerprint density at radius 1 is 1.43 bits per heavy atom. The Hall–Kier alpha value is -1.02. The molecule has 14 heavy (non-hydrogen) atoms. The molecule has 0 heterocycles. The van der Waals surface area contributed by atoms with E-state index in [0.717, 1.165) is 25.1 Å². The predicted octanol–water partition coefficient (Wildman–Crippen LogP) is 2.22. The fraction of sp³-hybridized carbons (Fsp3) is 0.500. The van der Waals surface area contributed by atoms with Crippen molar-refractivity contribution in [1.82, 2.24) is 10.6 Å². The van der Waals surface area contributed by atoms with Gasteiger partial charge in [0.25, 0.3) is 0 Å². The lowest BCUT2D eigenvalue weighted by Gasteiger charge is -2.19. The van der Waals surface area contributed by atoms with Crippen LogP contribution in [-0.4, -0.2) is 19.6 Å². The minimum atomic E-state index is 0.312. The van der Waals surface area contributed by atoms with E-state index in [9.17, 15) is 0 Å². The molecule has 0 fully saturated rings. The van der Waals surface area contributed by atoms with Crippen LogP contribution in [0, 0.1) is 0 Å². The van der Waals surface area contributed by atoms with Crippen LogP contribution < -0.4 is 10.6 Å². The van der Waals surface area contributed by atoms with E-state index < -0.39 is 0 Å². The van der Waals surface area contributed by atoms with Gasteiger partial charge in [-0.05, 0) is 26.8 Å². The molecular weight excluding hydrogens is 172 g/mol. The Morgan fingerprint density at radius 2 is 2.07 bits per heavy atom. The molecule has 0 aromatic carbocycles. The lowest BCUT2D eigenvalue weighted by atomic mass is 10.1. The zero-order valence-electron chi connectivity index (χ0n) is 9.40. The van der Waals surface area contributed by atoms with Crippen molar-refractivity contribution in [2.75, 3.05) is 13.6 Å². The molecule has 0 bridgehead atoms. The first-order chi connectivity index (χ1) is 6.61. The third kappa shape index (κ3) is 5.60. The summed E-state index contributed by atoms with van der Waals surface area (Å²) >= 11 is 0. The standard InChI is InChI=1S/C12H22N2/c1-6-9-14-11(4)12(13-5)8-7-10(2)3/h6,12-14H,1-2,4,7-9H2,3,5H3. The molecule has 0 aliphatic heterocycles. The lowest BCUT2D eigenvalue weighted by Crippen LogP contribution is -2.33. The predicted molar refractivity (Wildman–Crippen MR) is 64.2 cm³/mol. The van der Waals surface area contributed by atoms with E-state index in [2.05, 4.69) is 30.4 Å². The summed E-state index contributed by atoms with van der Waals surface area (Å²) in [6.07, 6.45) is 3.89. The quantitative estimate of drug-likeness (QED) is 0.579. The Labute approximate surface area is 87.8 Å². The number of rotatable bonds is 8. The molecule has 0 aromatic rings. The van der Waals surface area contributed by atoms with Gasteiger partial charge in [0.2, 0.25) is 0 Å². The topological polar surface area (TPSA) is 24.1 Å². The van der Waals surface area contributed by atoms with Gasteiger partial charge in [0.1, 0.15) is 0 Å². The third-order valence-corrected chi connectivity index (χ3v) is 2.10. The number of hydrogen-bond donors (Lipinski definition) is 2. The summed E-state index contributed by atoms with van der Waals surface area (Å²) in [5.41, 5.74) is 2.23. The molecule has 1 atom stereocenters. The van der Waals surface area contributed by atoms with E-state index in [0.29, 0.717) is 6.04 Å². The molecule has 0 aliphatic carbocycles. The third-order valence-electron chi connectivity index (χ3n) is 2.10. The van der Waals surface area contributed by atoms with Crippen LogP contribution in [-0.2, 0) is 0 Å². The molecule has 2 heteroatoms. The van der Waals surface area contributed by atoms with Crippen LogP contribution in [0.5, 0.6) is 0 Å². The van der Waals surface area contributed by atoms with E-state index in [1.54, 1.807) is 0 Å². The largest absolute Gasteiger partial charge is 0.384 e. The fourth-order valence-electron chi connectivity index (χ4n) is 1.21. The Bertz CT molecular complexity index is 206. The molecule has 0 amide bonds. The molecule has 2 N–H and O–H groups in total. The molecule has 1 unspecified atom stereocenters. The maximum atomic E-state index is 3.99. The molecular formula is C12H22N2. The number of nitrogens with one attached hydrogen (secondary N) is 2. The second-order valence-corrected chi connectivity index (χ2v) is 3.53. The smallest absolute Gasteiger partial charge is 0.0464 e. The first-order valence-corrected chi connectivity index (χ1v) is 4.97. The minimum Gasteiger partial charge on any atom is -0.384 e. The molecule has 2 nitrogen and oxygen atoms in total. The second kappa shape index (κ2) is 7.39. The highest BCUT2D eigenvalue weighted by Crippen LogP contribution is 2.08. The SMILES string of the molecule is C=CCNC(=C)C(CCC(=C)C)NC. The van der Waals surface area contributed by atoms with Gasteiger partial charge in [-0.3, -0.25) is 0 Å². The number of allylic oxidation sites excluding steroid dienone is 1. The molecule has 0 saturated heterocycles. The van der Waals surface area contributed by atoms with Gasteiger partial charge < -0.3 is 10.6 Å². The summed E-state index contributed by atoms with van der Waals surface area (Å²) in [6, 6.07) is 0.312. The van der Waals surface area contributed by atoms with Crippen LogP contribution in [0.15, 0.2) is 37.1 Å². The van der Waals surface area contributed by atoms with E-state index in [-0.39, 0.29) is 0 Å². The summed E-state index contributed by atoms with van der Waals surface area (Å²) < 4.78 is 0. The first-order valence-electron chi connectivity index (χ1n) is 4.97. The lowest BCUT2D eigenvalue weighted by molar-refractivity contribution is 0.556. The fourth-order valence-corrected chi connectivity index (χ4v) is 1.21. The summed E-state index contributed by atoms with van der Waals surface area (Å²) in [7, 11) is 1.95. The molecule has 0 saturated carbocycles. The maximum Gasteiger partial charge on any atom is 0.0464 e. The molecule has 0 spiro atoms. The van der Waals surface area contributed by atoms with Crippen LogP contribution in [0.2, 0.25) is 0 Å². The zero-order chi connectivity index (χ0) is 11.0. The van der Waals surface area contributed by atoms with Gasteiger partial charge in [0.05, 0.1) is 0 Å². The van der Waals surface area contributed by atoms with Gasteiger partial charge in [0, 0.05) is 18.3 Å². The van der Waals surface area contributed by atoms with Crippen LogP contribution in [0.4, 0.5) is 0 Å². The molecule has 0 aliphatic rings. The van der Waals surface area contributed by atoms with Crippen LogP contribution in [0.1, 0.15) is 19.8 Å². The molecule has 0 radical (unpaired) electrons. The summed E-state index contributed by atoms with van der Waals surface area (Å²) in [5.74, 6) is 0. The number of likely N-dealkylation sites (N-methyl/N-ethyl adjacent to an activating group) is 1. The van der Waals surface area contributed by atoms with Crippen LogP contribution >= 0.6 is 0 Å². The van der Waals surface area contributed by atoms with E-state index >= 15 is 0 Å². The van der Waals surface area contributed by atoms with Crippen LogP contribution in [0.3, 0.4) is 0 Å². The number of hydrogen-bond acceptors (Lipinski definition) is 2. The summed E-state index contributed by atoms with van der Waals surface area (Å²) in [6.45, 7) is 14.3. The van der Waals surface area contributed by atoms with Crippen molar-refractivity contribution in [2.45, 2.75) is 25.8 Å². The Kier molecular flexibility index (Phi) is 6.85. The van der Waals surface area contributed by atoms with E-state index in [4.69, 9.17) is 0 Å². The molecule has 0 rings (SSSR count). The normalized spacial score (nSPS) is 11.9. The van der Waals surface area contributed by atoms with Crippen molar-refractivity contribution < 1.29 is 0 Å². The second-order valence-electron chi connectivity index (χ2n) is 3.53. The first kappa shape index (κ1) is 13.0. The van der Waals surface area contributed by atoms with Crippen molar-refractivity contribution in [1.29, 1.82) is 0 Å². The van der Waals surface area contributed by atoms with Gasteiger partial charge in [0.15, 0.2) is 0 Å².